The van der Waals surface area contributed by atoms with E-state index in [1.54, 1.807) is 24.3 Å². The van der Waals surface area contributed by atoms with Crippen molar-refractivity contribution in [2.45, 2.75) is 6.04 Å². The Morgan fingerprint density at radius 1 is 0.920 bits per heavy atom. The Kier molecular flexibility index (Phi) is 4.52. The van der Waals surface area contributed by atoms with E-state index in [0.717, 1.165) is 0 Å². The molecule has 0 amide bonds. The lowest BCUT2D eigenvalue weighted by Crippen LogP contribution is -2.35. The topological polar surface area (TPSA) is 128 Å². The van der Waals surface area contributed by atoms with Crippen molar-refractivity contribution < 1.29 is 15.0 Å². The molecule has 3 rings (SSSR count). The van der Waals surface area contributed by atoms with E-state index >= 15 is 0 Å². The van der Waals surface area contributed by atoms with Crippen molar-refractivity contribution in [1.82, 2.24) is 0 Å². The van der Waals surface area contributed by atoms with Gasteiger partial charge in [-0.15, -0.1) is 0 Å². The van der Waals surface area contributed by atoms with Gasteiger partial charge < -0.3 is 21.5 Å². The molecule has 1 unspecified atom stereocenters. The van der Waals surface area contributed by atoms with Crippen molar-refractivity contribution in [1.29, 1.82) is 0 Å². The van der Waals surface area contributed by atoms with Gasteiger partial charge in [0.05, 0.1) is 22.5 Å². The second-order valence-corrected chi connectivity index (χ2v) is 5.34. The first kappa shape index (κ1) is 16.3. The number of hydrogen-bond donors (Lipinski definition) is 3. The van der Waals surface area contributed by atoms with Crippen molar-refractivity contribution in [3.05, 3.63) is 77.5 Å². The van der Waals surface area contributed by atoms with Gasteiger partial charge in [-0.05, 0) is 36.4 Å². The highest BCUT2D eigenvalue weighted by Gasteiger charge is 2.34. The van der Waals surface area contributed by atoms with Crippen LogP contribution in [0, 0.1) is 0 Å². The minimum atomic E-state index is -0.864. The van der Waals surface area contributed by atoms with Gasteiger partial charge in [-0.25, -0.2) is 0 Å². The van der Waals surface area contributed by atoms with Crippen LogP contribution in [0.4, 0.5) is 5.69 Å². The predicted molar refractivity (Wildman–Crippen MR) is 93.4 cm³/mol. The molecule has 0 spiro atoms. The lowest BCUT2D eigenvalue weighted by Gasteiger charge is -2.15. The lowest BCUT2D eigenvalue weighted by atomic mass is 9.90. The summed E-state index contributed by atoms with van der Waals surface area (Å²) in [5, 5.41) is 28.2. The standard InChI is InChI=1S/C18H15N5O2/c19-17-13(23-22-11-5-2-1-3-6-11)10-9-12(18(17)21-20)16-14(24)7-4-8-15(16)25/h1-10,17,24-25H,19H2. The molecule has 25 heavy (non-hydrogen) atoms. The summed E-state index contributed by atoms with van der Waals surface area (Å²) in [4.78, 5) is 3.23. The molecule has 2 aromatic rings. The fourth-order valence-electron chi connectivity index (χ4n) is 2.50. The summed E-state index contributed by atoms with van der Waals surface area (Å²) in [7, 11) is 0. The number of phenolic OH excluding ortho intramolecular Hbond substituents is 2. The van der Waals surface area contributed by atoms with Crippen LogP contribution < -0.4 is 5.73 Å². The van der Waals surface area contributed by atoms with Gasteiger partial charge >= 0.3 is 5.71 Å². The quantitative estimate of drug-likeness (QED) is 0.589. The van der Waals surface area contributed by atoms with Crippen molar-refractivity contribution in [2.24, 2.45) is 16.0 Å². The molecular weight excluding hydrogens is 318 g/mol. The van der Waals surface area contributed by atoms with Crippen molar-refractivity contribution in [3.63, 3.8) is 0 Å². The fourth-order valence-corrected chi connectivity index (χ4v) is 2.50. The summed E-state index contributed by atoms with van der Waals surface area (Å²) in [5.41, 5.74) is 17.1. The van der Waals surface area contributed by atoms with Crippen LogP contribution in [-0.4, -0.2) is 26.8 Å². The van der Waals surface area contributed by atoms with Crippen LogP contribution in [0.15, 0.2) is 76.6 Å². The lowest BCUT2D eigenvalue weighted by molar-refractivity contribution is -0.00607. The molecule has 0 saturated heterocycles. The van der Waals surface area contributed by atoms with E-state index in [1.165, 1.54) is 18.2 Å². The third-order valence-electron chi connectivity index (χ3n) is 3.74. The Labute approximate surface area is 143 Å². The average molecular weight is 333 g/mol. The third-order valence-corrected chi connectivity index (χ3v) is 3.74. The number of aromatic hydroxyl groups is 2. The zero-order chi connectivity index (χ0) is 17.8. The second kappa shape index (κ2) is 6.92. The summed E-state index contributed by atoms with van der Waals surface area (Å²) in [6.45, 7) is 0. The minimum Gasteiger partial charge on any atom is -0.507 e. The van der Waals surface area contributed by atoms with E-state index in [0.29, 0.717) is 17.0 Å². The predicted octanol–water partition coefficient (Wildman–Crippen LogP) is 3.16. The van der Waals surface area contributed by atoms with Crippen LogP contribution in [0.3, 0.4) is 0 Å². The number of rotatable bonds is 3. The monoisotopic (exact) mass is 333 g/mol. The van der Waals surface area contributed by atoms with Gasteiger partial charge in [-0.1, -0.05) is 24.3 Å². The summed E-state index contributed by atoms with van der Waals surface area (Å²) in [6.07, 6.45) is 3.17. The maximum atomic E-state index is 10.0. The number of nitrogens with two attached hydrogens (primary N) is 1. The molecule has 0 aromatic heterocycles. The van der Waals surface area contributed by atoms with Crippen LogP contribution in [0.1, 0.15) is 5.56 Å². The molecule has 1 aliphatic carbocycles. The Morgan fingerprint density at radius 2 is 1.60 bits per heavy atom. The van der Waals surface area contributed by atoms with Gasteiger partial charge in [-0.2, -0.15) is 15.0 Å². The van der Waals surface area contributed by atoms with Gasteiger partial charge in [0.1, 0.15) is 11.5 Å². The van der Waals surface area contributed by atoms with E-state index in [4.69, 9.17) is 5.73 Å². The largest absolute Gasteiger partial charge is 0.507 e. The van der Waals surface area contributed by atoms with Crippen LogP contribution in [0.2, 0.25) is 0 Å². The van der Waals surface area contributed by atoms with Gasteiger partial charge in [0.2, 0.25) is 0 Å². The molecule has 0 aliphatic heterocycles. The van der Waals surface area contributed by atoms with Gasteiger partial charge in [0.15, 0.2) is 6.04 Å². The van der Waals surface area contributed by atoms with Gasteiger partial charge in [-0.3, -0.25) is 0 Å². The number of hydrogen-bond acceptors (Lipinski definition) is 5. The first-order chi connectivity index (χ1) is 12.1. The third kappa shape index (κ3) is 3.23. The maximum Gasteiger partial charge on any atom is 0.322 e. The van der Waals surface area contributed by atoms with E-state index in [1.807, 2.05) is 18.2 Å². The normalized spacial score (nSPS) is 17.2. The molecule has 4 N–H and O–H groups in total. The van der Waals surface area contributed by atoms with E-state index in [2.05, 4.69) is 15.0 Å². The Morgan fingerprint density at radius 3 is 2.24 bits per heavy atom. The molecule has 1 aliphatic rings. The molecule has 2 aromatic carbocycles. The fraction of sp³-hybridized carbons (Fsp3) is 0.0556. The number of allylic oxidation sites excluding steroid dienone is 2. The minimum absolute atomic E-state index is 0.0707. The molecule has 0 fully saturated rings. The summed E-state index contributed by atoms with van der Waals surface area (Å²) in [6, 6.07) is 12.6. The smallest absolute Gasteiger partial charge is 0.322 e. The highest BCUT2D eigenvalue weighted by molar-refractivity contribution is 6.26. The number of nitrogens with zero attached hydrogens (tertiary/aromatic N) is 4. The summed E-state index contributed by atoms with van der Waals surface area (Å²) < 4.78 is 0. The van der Waals surface area contributed by atoms with Gasteiger partial charge in [0, 0.05) is 0 Å². The molecule has 0 bridgehead atoms. The molecule has 0 radical (unpaired) electrons. The molecular formula is C18H15N5O2. The summed E-state index contributed by atoms with van der Waals surface area (Å²) >= 11 is 0. The zero-order valence-corrected chi connectivity index (χ0v) is 13.1. The number of benzene rings is 2. The Balaban J connectivity index is 2.02. The van der Waals surface area contributed by atoms with Gasteiger partial charge in [0.25, 0.3) is 0 Å². The summed E-state index contributed by atoms with van der Waals surface area (Å²) in [5.74, 6) is -0.301. The number of phenols is 2. The molecule has 1 atom stereocenters. The van der Waals surface area contributed by atoms with Crippen molar-refractivity contribution >= 4 is 17.0 Å². The second-order valence-electron chi connectivity index (χ2n) is 5.34. The molecule has 0 heterocycles. The van der Waals surface area contributed by atoms with Crippen molar-refractivity contribution in [3.8, 4) is 11.5 Å². The molecule has 124 valence electrons. The van der Waals surface area contributed by atoms with Crippen LogP contribution >= 0.6 is 0 Å². The molecule has 7 heteroatoms. The average Bonchev–Trinajstić information content (AvgIpc) is 2.62. The van der Waals surface area contributed by atoms with E-state index < -0.39 is 6.04 Å². The SMILES string of the molecule is [N-]=[N+]=C1C(c2c(O)cccc2O)=CC=C(N=Nc2ccccc2)C1N. The van der Waals surface area contributed by atoms with Crippen molar-refractivity contribution in [2.75, 3.05) is 0 Å². The van der Waals surface area contributed by atoms with Crippen LogP contribution in [0.5, 0.6) is 11.5 Å². The van der Waals surface area contributed by atoms with Crippen LogP contribution in [-0.2, 0) is 0 Å². The Bertz CT molecular complexity index is 921. The highest BCUT2D eigenvalue weighted by atomic mass is 16.3. The van der Waals surface area contributed by atoms with Crippen LogP contribution in [0.25, 0.3) is 11.1 Å². The van der Waals surface area contributed by atoms with E-state index in [-0.39, 0.29) is 22.8 Å². The van der Waals surface area contributed by atoms with E-state index in [9.17, 15) is 15.7 Å². The first-order valence-corrected chi connectivity index (χ1v) is 7.49. The maximum absolute atomic E-state index is 10.0. The first-order valence-electron chi connectivity index (χ1n) is 7.49. The highest BCUT2D eigenvalue weighted by Crippen LogP contribution is 2.36. The molecule has 7 nitrogen and oxygen atoms in total. The Hall–Kier alpha value is -3.54. The number of azo groups is 1. The zero-order valence-electron chi connectivity index (χ0n) is 13.1. The molecule has 0 saturated carbocycles.